The van der Waals surface area contributed by atoms with Gasteiger partial charge in [-0.05, 0) is 32.1 Å². The van der Waals surface area contributed by atoms with E-state index in [0.717, 1.165) is 0 Å². The van der Waals surface area contributed by atoms with Crippen LogP contribution in [0.5, 0.6) is 0 Å². The second-order valence-electron chi connectivity index (χ2n) is 7.06. The molecule has 0 aromatic carbocycles. The molecule has 136 valence electrons. The summed E-state index contributed by atoms with van der Waals surface area (Å²) in [4.78, 5) is 0. The standard InChI is InChI=1S/C20H44N.HI/c1-5-9-13-14-15-16-20-21(17-10-6-2,18-11-7-3)19-12-8-4;/h5-20H2,1-4H3;1H/q+1;/p-1. The lowest BCUT2D eigenvalue weighted by Gasteiger charge is -2.39. The number of hydrogen-bond acceptors (Lipinski definition) is 0. The summed E-state index contributed by atoms with van der Waals surface area (Å²) in [5.74, 6) is 0. The Morgan fingerprint density at radius 2 is 0.727 bits per heavy atom. The Kier molecular flexibility index (Phi) is 20.4. The van der Waals surface area contributed by atoms with Crippen molar-refractivity contribution in [1.29, 1.82) is 0 Å². The fraction of sp³-hybridized carbons (Fsp3) is 1.00. The predicted molar refractivity (Wildman–Crippen MR) is 97.8 cm³/mol. The molecule has 0 aliphatic heterocycles. The minimum Gasteiger partial charge on any atom is -1.00 e. The van der Waals surface area contributed by atoms with Gasteiger partial charge in [0.15, 0.2) is 0 Å². The van der Waals surface area contributed by atoms with Gasteiger partial charge in [-0.1, -0.05) is 72.6 Å². The number of quaternary nitrogens is 1. The second-order valence-corrected chi connectivity index (χ2v) is 7.06. The monoisotopic (exact) mass is 425 g/mol. The summed E-state index contributed by atoms with van der Waals surface area (Å²) in [5.41, 5.74) is 0. The van der Waals surface area contributed by atoms with E-state index in [1.54, 1.807) is 0 Å². The van der Waals surface area contributed by atoms with Crippen LogP contribution >= 0.6 is 0 Å². The largest absolute Gasteiger partial charge is 1.00 e. The van der Waals surface area contributed by atoms with E-state index >= 15 is 0 Å². The highest BCUT2D eigenvalue weighted by atomic mass is 127. The minimum atomic E-state index is 0. The molecular weight excluding hydrogens is 381 g/mol. The first kappa shape index (κ1) is 24.9. The van der Waals surface area contributed by atoms with Crippen LogP contribution in [0, 0.1) is 0 Å². The molecule has 0 rings (SSSR count). The lowest BCUT2D eigenvalue weighted by Crippen LogP contribution is -3.00. The highest BCUT2D eigenvalue weighted by Gasteiger charge is 2.24. The van der Waals surface area contributed by atoms with Crippen LogP contribution in [0.4, 0.5) is 0 Å². The van der Waals surface area contributed by atoms with E-state index in [-0.39, 0.29) is 24.0 Å². The summed E-state index contributed by atoms with van der Waals surface area (Å²) in [7, 11) is 0. The van der Waals surface area contributed by atoms with E-state index in [1.165, 1.54) is 108 Å². The van der Waals surface area contributed by atoms with Crippen molar-refractivity contribution in [2.24, 2.45) is 0 Å². The first-order valence-corrected chi connectivity index (χ1v) is 10.1. The summed E-state index contributed by atoms with van der Waals surface area (Å²) in [6.07, 6.45) is 17.0. The maximum atomic E-state index is 2.35. The quantitative estimate of drug-likeness (QED) is 0.202. The summed E-state index contributed by atoms with van der Waals surface area (Å²) in [6.45, 7) is 15.1. The smallest absolute Gasteiger partial charge is 0.0786 e. The lowest BCUT2D eigenvalue weighted by atomic mass is 10.1. The van der Waals surface area contributed by atoms with Crippen LogP contribution in [0.15, 0.2) is 0 Å². The topological polar surface area (TPSA) is 0 Å². The molecule has 0 aliphatic carbocycles. The van der Waals surface area contributed by atoms with Crippen LogP contribution < -0.4 is 24.0 Å². The Hall–Kier alpha value is 0.690. The Balaban J connectivity index is 0. The zero-order chi connectivity index (χ0) is 15.8. The molecule has 1 nitrogen and oxygen atoms in total. The van der Waals surface area contributed by atoms with Crippen molar-refractivity contribution in [3.63, 3.8) is 0 Å². The maximum absolute atomic E-state index is 2.35. The molecule has 2 heteroatoms. The summed E-state index contributed by atoms with van der Waals surface area (Å²) in [6, 6.07) is 0. The van der Waals surface area contributed by atoms with Gasteiger partial charge in [0.1, 0.15) is 0 Å². The molecule has 0 radical (unpaired) electrons. The third-order valence-corrected chi connectivity index (χ3v) is 4.94. The Bertz CT molecular complexity index is 184. The predicted octanol–water partition coefficient (Wildman–Crippen LogP) is 3.57. The third-order valence-electron chi connectivity index (χ3n) is 4.94. The van der Waals surface area contributed by atoms with Crippen molar-refractivity contribution in [1.82, 2.24) is 0 Å². The molecule has 0 heterocycles. The molecule has 0 saturated heterocycles. The Morgan fingerprint density at radius 1 is 0.409 bits per heavy atom. The molecule has 0 amide bonds. The van der Waals surface area contributed by atoms with Crippen LogP contribution in [0.3, 0.4) is 0 Å². The summed E-state index contributed by atoms with van der Waals surface area (Å²) < 4.78 is 1.43. The van der Waals surface area contributed by atoms with Gasteiger partial charge < -0.3 is 28.5 Å². The van der Waals surface area contributed by atoms with Crippen molar-refractivity contribution < 1.29 is 28.5 Å². The van der Waals surface area contributed by atoms with Crippen LogP contribution in [0.2, 0.25) is 0 Å². The highest BCUT2D eigenvalue weighted by Crippen LogP contribution is 2.17. The molecule has 0 fully saturated rings. The van der Waals surface area contributed by atoms with Crippen LogP contribution in [0.1, 0.15) is 105 Å². The van der Waals surface area contributed by atoms with E-state index in [2.05, 4.69) is 27.7 Å². The maximum Gasteiger partial charge on any atom is 0.0786 e. The molecule has 22 heavy (non-hydrogen) atoms. The van der Waals surface area contributed by atoms with Crippen LogP contribution in [-0.4, -0.2) is 30.7 Å². The van der Waals surface area contributed by atoms with Crippen LogP contribution in [-0.2, 0) is 0 Å². The number of halogens is 1. The first-order valence-electron chi connectivity index (χ1n) is 10.1. The minimum absolute atomic E-state index is 0. The molecule has 0 N–H and O–H groups in total. The van der Waals surface area contributed by atoms with Gasteiger partial charge in [0, 0.05) is 0 Å². The lowest BCUT2D eigenvalue weighted by molar-refractivity contribution is -0.929. The Labute approximate surface area is 159 Å². The van der Waals surface area contributed by atoms with Gasteiger partial charge in [0.2, 0.25) is 0 Å². The number of nitrogens with zero attached hydrogens (tertiary/aromatic N) is 1. The van der Waals surface area contributed by atoms with Crippen molar-refractivity contribution in [2.75, 3.05) is 26.2 Å². The van der Waals surface area contributed by atoms with E-state index in [4.69, 9.17) is 0 Å². The first-order chi connectivity index (χ1) is 10.2. The molecule has 0 saturated carbocycles. The second kappa shape index (κ2) is 18.0. The van der Waals surface area contributed by atoms with Crippen molar-refractivity contribution >= 4 is 0 Å². The number of rotatable bonds is 16. The number of unbranched alkanes of at least 4 members (excludes halogenated alkanes) is 8. The van der Waals surface area contributed by atoms with Gasteiger partial charge >= 0.3 is 0 Å². The number of hydrogen-bond donors (Lipinski definition) is 0. The van der Waals surface area contributed by atoms with Gasteiger partial charge in [0.25, 0.3) is 0 Å². The molecule has 0 unspecified atom stereocenters. The van der Waals surface area contributed by atoms with Gasteiger partial charge in [0.05, 0.1) is 26.2 Å². The van der Waals surface area contributed by atoms with Crippen LogP contribution in [0.25, 0.3) is 0 Å². The fourth-order valence-corrected chi connectivity index (χ4v) is 3.38. The molecule has 0 aromatic rings. The van der Waals surface area contributed by atoms with Gasteiger partial charge in [-0.15, -0.1) is 0 Å². The highest BCUT2D eigenvalue weighted by molar-refractivity contribution is 4.51. The van der Waals surface area contributed by atoms with E-state index in [1.807, 2.05) is 0 Å². The zero-order valence-corrected chi connectivity index (χ0v) is 18.3. The molecule has 0 bridgehead atoms. The molecular formula is C20H44IN. The third kappa shape index (κ3) is 13.2. The summed E-state index contributed by atoms with van der Waals surface area (Å²) in [5, 5.41) is 0. The molecule has 0 spiro atoms. The van der Waals surface area contributed by atoms with Crippen molar-refractivity contribution in [2.45, 2.75) is 105 Å². The zero-order valence-electron chi connectivity index (χ0n) is 16.1. The average molecular weight is 425 g/mol. The molecule has 0 aliphatic rings. The van der Waals surface area contributed by atoms with E-state index in [0.29, 0.717) is 0 Å². The molecule has 0 aromatic heterocycles. The molecule has 0 atom stereocenters. The van der Waals surface area contributed by atoms with E-state index in [9.17, 15) is 0 Å². The van der Waals surface area contributed by atoms with Crippen molar-refractivity contribution in [3.05, 3.63) is 0 Å². The fourth-order valence-electron chi connectivity index (χ4n) is 3.38. The van der Waals surface area contributed by atoms with E-state index < -0.39 is 0 Å². The van der Waals surface area contributed by atoms with Crippen molar-refractivity contribution in [3.8, 4) is 0 Å². The van der Waals surface area contributed by atoms with Gasteiger partial charge in [-0.3, -0.25) is 0 Å². The van der Waals surface area contributed by atoms with Gasteiger partial charge in [-0.2, -0.15) is 0 Å². The average Bonchev–Trinajstić information content (AvgIpc) is 2.51. The normalized spacial score (nSPS) is 11.5. The Morgan fingerprint density at radius 3 is 1.14 bits per heavy atom. The SMILES string of the molecule is CCCCCCCC[N+](CCCC)(CCCC)CCCC.[I-]. The summed E-state index contributed by atoms with van der Waals surface area (Å²) >= 11 is 0. The van der Waals surface area contributed by atoms with Gasteiger partial charge in [-0.25, -0.2) is 0 Å².